The Bertz CT molecular complexity index is 264. The number of ether oxygens (including phenoxy) is 2. The van der Waals surface area contributed by atoms with Gasteiger partial charge in [0, 0.05) is 18.8 Å². The summed E-state index contributed by atoms with van der Waals surface area (Å²) in [5.41, 5.74) is 0. The molecule has 0 aromatic rings. The van der Waals surface area contributed by atoms with E-state index in [2.05, 4.69) is 6.07 Å². The summed E-state index contributed by atoms with van der Waals surface area (Å²) < 4.78 is 11.7. The number of nitrogens with zero attached hydrogens (tertiary/aromatic N) is 2. The van der Waals surface area contributed by atoms with E-state index in [1.54, 1.807) is 0 Å². The van der Waals surface area contributed by atoms with Crippen molar-refractivity contribution in [2.45, 2.75) is 37.7 Å². The number of rotatable bonds is 1. The highest BCUT2D eigenvalue weighted by Crippen LogP contribution is 2.40. The van der Waals surface area contributed by atoms with Crippen LogP contribution < -0.4 is 0 Å². The largest absolute Gasteiger partial charge is 0.346 e. The van der Waals surface area contributed by atoms with Crippen LogP contribution in [0.5, 0.6) is 0 Å². The van der Waals surface area contributed by atoms with Crippen molar-refractivity contribution in [3.63, 3.8) is 0 Å². The lowest BCUT2D eigenvalue weighted by Gasteiger charge is -2.34. The van der Waals surface area contributed by atoms with Gasteiger partial charge in [-0.3, -0.25) is 4.90 Å². The first-order valence-electron chi connectivity index (χ1n) is 5.53. The number of hydrogen-bond donors (Lipinski definition) is 0. The molecule has 1 spiro atoms. The molecule has 1 unspecified atom stereocenters. The van der Waals surface area contributed by atoms with Crippen molar-refractivity contribution in [1.82, 2.24) is 4.90 Å². The summed E-state index contributed by atoms with van der Waals surface area (Å²) in [6.07, 6.45) is 3.59. The maximum absolute atomic E-state index is 8.82. The molecule has 2 aliphatic rings. The minimum absolute atomic E-state index is 0.0728. The molecule has 0 bridgehead atoms. The molecule has 2 fully saturated rings. The zero-order chi connectivity index (χ0) is 10.9. The zero-order valence-electron chi connectivity index (χ0n) is 9.40. The first kappa shape index (κ1) is 10.9. The van der Waals surface area contributed by atoms with Crippen LogP contribution in [0.2, 0.25) is 0 Å². The highest BCUT2D eigenvalue weighted by molar-refractivity contribution is 4.92. The third-order valence-electron chi connectivity index (χ3n) is 3.35. The van der Waals surface area contributed by atoms with E-state index in [1.807, 2.05) is 19.0 Å². The molecule has 4 heteroatoms. The summed E-state index contributed by atoms with van der Waals surface area (Å²) in [6, 6.07) is 2.32. The van der Waals surface area contributed by atoms with Gasteiger partial charge in [-0.25, -0.2) is 0 Å². The molecule has 1 saturated carbocycles. The van der Waals surface area contributed by atoms with Crippen LogP contribution in [0.1, 0.15) is 25.7 Å². The summed E-state index contributed by atoms with van der Waals surface area (Å²) in [7, 11) is 3.99. The van der Waals surface area contributed by atoms with Crippen LogP contribution in [0.15, 0.2) is 0 Å². The lowest BCUT2D eigenvalue weighted by Crippen LogP contribution is -2.38. The first-order valence-corrected chi connectivity index (χ1v) is 5.53. The van der Waals surface area contributed by atoms with Gasteiger partial charge >= 0.3 is 0 Å². The molecule has 1 aliphatic heterocycles. The van der Waals surface area contributed by atoms with E-state index in [0.717, 1.165) is 25.7 Å². The quantitative estimate of drug-likeness (QED) is 0.655. The summed E-state index contributed by atoms with van der Waals surface area (Å²) in [5, 5.41) is 8.82. The van der Waals surface area contributed by atoms with E-state index in [4.69, 9.17) is 14.7 Å². The van der Waals surface area contributed by atoms with Crippen LogP contribution in [-0.2, 0) is 9.47 Å². The number of hydrogen-bond acceptors (Lipinski definition) is 4. The fraction of sp³-hybridized carbons (Fsp3) is 0.909. The van der Waals surface area contributed by atoms with Gasteiger partial charge < -0.3 is 9.47 Å². The lowest BCUT2D eigenvalue weighted by molar-refractivity contribution is -0.202. The van der Waals surface area contributed by atoms with E-state index in [1.165, 1.54) is 0 Å². The van der Waals surface area contributed by atoms with Crippen molar-refractivity contribution < 1.29 is 9.47 Å². The summed E-state index contributed by atoms with van der Waals surface area (Å²) in [4.78, 5) is 2.03. The van der Waals surface area contributed by atoms with Gasteiger partial charge in [0.1, 0.15) is 6.23 Å². The summed E-state index contributed by atoms with van der Waals surface area (Å²) in [5.74, 6) is -0.191. The minimum atomic E-state index is -0.387. The molecule has 0 amide bonds. The van der Waals surface area contributed by atoms with Gasteiger partial charge in [-0.15, -0.1) is 0 Å². The van der Waals surface area contributed by atoms with Crippen LogP contribution in [0.4, 0.5) is 0 Å². The van der Waals surface area contributed by atoms with Crippen LogP contribution in [0, 0.1) is 17.2 Å². The fourth-order valence-corrected chi connectivity index (χ4v) is 2.24. The minimum Gasteiger partial charge on any atom is -0.346 e. The highest BCUT2D eigenvalue weighted by atomic mass is 16.8. The molecule has 2 rings (SSSR count). The van der Waals surface area contributed by atoms with Crippen molar-refractivity contribution in [2.75, 3.05) is 20.7 Å². The van der Waals surface area contributed by atoms with Crippen molar-refractivity contribution in [3.8, 4) is 6.07 Å². The molecule has 0 aromatic heterocycles. The zero-order valence-corrected chi connectivity index (χ0v) is 9.40. The topological polar surface area (TPSA) is 45.5 Å². The van der Waals surface area contributed by atoms with Crippen molar-refractivity contribution in [3.05, 3.63) is 0 Å². The third kappa shape index (κ3) is 2.15. The van der Waals surface area contributed by atoms with Gasteiger partial charge in [-0.1, -0.05) is 0 Å². The second-order valence-corrected chi connectivity index (χ2v) is 4.66. The Balaban J connectivity index is 1.92. The first-order chi connectivity index (χ1) is 7.15. The van der Waals surface area contributed by atoms with Crippen molar-refractivity contribution in [2.24, 2.45) is 5.92 Å². The normalized spacial score (nSPS) is 40.9. The van der Waals surface area contributed by atoms with Gasteiger partial charge in [0.2, 0.25) is 0 Å². The molecule has 4 nitrogen and oxygen atoms in total. The summed E-state index contributed by atoms with van der Waals surface area (Å²) >= 11 is 0. The van der Waals surface area contributed by atoms with E-state index >= 15 is 0 Å². The molecule has 1 heterocycles. The Labute approximate surface area is 90.8 Å². The molecule has 1 saturated heterocycles. The fourth-order valence-electron chi connectivity index (χ4n) is 2.24. The Morgan fingerprint density at radius 2 is 2.00 bits per heavy atom. The lowest BCUT2D eigenvalue weighted by atomic mass is 9.86. The van der Waals surface area contributed by atoms with E-state index in [0.29, 0.717) is 6.61 Å². The Morgan fingerprint density at radius 3 is 2.47 bits per heavy atom. The number of nitriles is 1. The second-order valence-electron chi connectivity index (χ2n) is 4.66. The van der Waals surface area contributed by atoms with Crippen LogP contribution >= 0.6 is 0 Å². The van der Waals surface area contributed by atoms with Crippen LogP contribution in [0.3, 0.4) is 0 Å². The Kier molecular flexibility index (Phi) is 2.96. The standard InChI is InChI=1S/C11H18N2O2/c1-13(2)10-8-14-11(15-10)5-3-9(7-12)4-6-11/h9-10H,3-6,8H2,1-2H3. The van der Waals surface area contributed by atoms with E-state index < -0.39 is 0 Å². The monoisotopic (exact) mass is 210 g/mol. The highest BCUT2D eigenvalue weighted by Gasteiger charge is 2.44. The molecule has 15 heavy (non-hydrogen) atoms. The molecule has 0 aromatic carbocycles. The van der Waals surface area contributed by atoms with E-state index in [9.17, 15) is 0 Å². The van der Waals surface area contributed by atoms with Gasteiger partial charge in [-0.05, 0) is 26.9 Å². The van der Waals surface area contributed by atoms with Crippen LogP contribution in [-0.4, -0.2) is 37.6 Å². The van der Waals surface area contributed by atoms with Crippen molar-refractivity contribution in [1.29, 1.82) is 5.26 Å². The van der Waals surface area contributed by atoms with Crippen molar-refractivity contribution >= 4 is 0 Å². The van der Waals surface area contributed by atoms with Gasteiger partial charge in [0.05, 0.1) is 12.7 Å². The second kappa shape index (κ2) is 4.09. The van der Waals surface area contributed by atoms with Gasteiger partial charge in [0.15, 0.2) is 5.79 Å². The number of likely N-dealkylation sites (N-methyl/N-ethyl adjacent to an activating group) is 1. The van der Waals surface area contributed by atoms with Crippen LogP contribution in [0.25, 0.3) is 0 Å². The molecular formula is C11H18N2O2. The molecule has 1 aliphatic carbocycles. The SMILES string of the molecule is CN(C)C1COC2(CCC(C#N)CC2)O1. The van der Waals surface area contributed by atoms with Gasteiger partial charge in [-0.2, -0.15) is 5.26 Å². The predicted octanol–water partition coefficient (Wildman–Crippen LogP) is 1.33. The Hall–Kier alpha value is -0.630. The molecule has 0 N–H and O–H groups in total. The third-order valence-corrected chi connectivity index (χ3v) is 3.35. The average molecular weight is 210 g/mol. The molecule has 0 radical (unpaired) electrons. The maximum Gasteiger partial charge on any atom is 0.170 e. The Morgan fingerprint density at radius 1 is 1.33 bits per heavy atom. The van der Waals surface area contributed by atoms with Gasteiger partial charge in [0.25, 0.3) is 0 Å². The predicted molar refractivity (Wildman–Crippen MR) is 54.8 cm³/mol. The maximum atomic E-state index is 8.82. The average Bonchev–Trinajstić information content (AvgIpc) is 2.64. The molecule has 1 atom stereocenters. The summed E-state index contributed by atoms with van der Waals surface area (Å²) in [6.45, 7) is 0.643. The molecule has 84 valence electrons. The smallest absolute Gasteiger partial charge is 0.170 e. The van der Waals surface area contributed by atoms with E-state index in [-0.39, 0.29) is 17.9 Å². The molecular weight excluding hydrogens is 192 g/mol.